The van der Waals surface area contributed by atoms with Crippen LogP contribution in [-0.2, 0) is 9.53 Å². The van der Waals surface area contributed by atoms with Crippen molar-refractivity contribution in [3.63, 3.8) is 0 Å². The Morgan fingerprint density at radius 2 is 1.67 bits per heavy atom. The molecule has 0 aromatic rings. The molecule has 3 heteroatoms. The van der Waals surface area contributed by atoms with Gasteiger partial charge in [-0.1, -0.05) is 54.5 Å². The molecule has 0 radical (unpaired) electrons. The van der Waals surface area contributed by atoms with Gasteiger partial charge in [0, 0.05) is 11.3 Å². The maximum atomic E-state index is 13.6. The maximum absolute atomic E-state index is 13.6. The van der Waals surface area contributed by atoms with E-state index in [1.54, 1.807) is 0 Å². The zero-order chi connectivity index (χ0) is 23.8. The summed E-state index contributed by atoms with van der Waals surface area (Å²) in [7, 11) is 0. The first-order valence-corrected chi connectivity index (χ1v) is 13.9. The fourth-order valence-corrected chi connectivity index (χ4v) is 11.4. The van der Waals surface area contributed by atoms with Crippen molar-refractivity contribution in [1.82, 2.24) is 0 Å². The highest BCUT2D eigenvalue weighted by molar-refractivity contribution is 5.82. The van der Waals surface area contributed by atoms with Crippen LogP contribution >= 0.6 is 0 Å². The molecule has 3 unspecified atom stereocenters. The zero-order valence-corrected chi connectivity index (χ0v) is 22.0. The molecule has 5 fully saturated rings. The summed E-state index contributed by atoms with van der Waals surface area (Å²) in [4.78, 5) is 13.6. The zero-order valence-electron chi connectivity index (χ0n) is 22.0. The van der Waals surface area contributed by atoms with Crippen LogP contribution in [0.1, 0.15) is 99.8 Å². The molecule has 1 spiro atoms. The molecule has 1 aliphatic heterocycles. The first kappa shape index (κ1) is 22.6. The number of fused-ring (bicyclic) bond motifs is 4. The molecule has 1 N–H and O–H groups in total. The first-order chi connectivity index (χ1) is 15.3. The van der Waals surface area contributed by atoms with Gasteiger partial charge in [-0.2, -0.15) is 0 Å². The summed E-state index contributed by atoms with van der Waals surface area (Å²) < 4.78 is 6.71. The minimum atomic E-state index is -0.450. The molecule has 2 bridgehead atoms. The van der Waals surface area contributed by atoms with Crippen LogP contribution in [0.15, 0.2) is 12.2 Å². The number of hydrogen-bond acceptors (Lipinski definition) is 3. The van der Waals surface area contributed by atoms with Crippen molar-refractivity contribution in [2.75, 3.05) is 0 Å². The second kappa shape index (κ2) is 6.29. The molecule has 1 saturated heterocycles. The molecule has 6 rings (SSSR count). The van der Waals surface area contributed by atoms with Crippen LogP contribution in [0.3, 0.4) is 0 Å². The van der Waals surface area contributed by atoms with E-state index >= 15 is 0 Å². The summed E-state index contributed by atoms with van der Waals surface area (Å²) in [6.45, 7) is 17.0. The van der Waals surface area contributed by atoms with Crippen molar-refractivity contribution in [1.29, 1.82) is 0 Å². The summed E-state index contributed by atoms with van der Waals surface area (Å²) in [5, 5.41) is 10.9. The minimum absolute atomic E-state index is 0.0424. The average Bonchev–Trinajstić information content (AvgIpc) is 2.95. The molecule has 0 amide bonds. The average molecular weight is 455 g/mol. The van der Waals surface area contributed by atoms with Crippen molar-refractivity contribution < 1.29 is 14.6 Å². The predicted octanol–water partition coefficient (Wildman–Crippen LogP) is 6.54. The largest absolute Gasteiger partial charge is 0.453 e. The van der Waals surface area contributed by atoms with Crippen LogP contribution < -0.4 is 0 Å². The van der Waals surface area contributed by atoms with Gasteiger partial charge in [-0.25, -0.2) is 0 Å². The topological polar surface area (TPSA) is 46.5 Å². The molecule has 0 aromatic carbocycles. The fraction of sp³-hybridized carbons (Fsp3) is 0.900. The first-order valence-electron chi connectivity index (χ1n) is 13.9. The third-order valence-electron chi connectivity index (χ3n) is 13.8. The number of allylic oxidation sites excluding steroid dienone is 1. The Labute approximate surface area is 201 Å². The van der Waals surface area contributed by atoms with E-state index in [1.165, 1.54) is 6.42 Å². The quantitative estimate of drug-likeness (QED) is 0.334. The van der Waals surface area contributed by atoms with Crippen LogP contribution in [0.4, 0.5) is 0 Å². The van der Waals surface area contributed by atoms with Crippen LogP contribution in [0.5, 0.6) is 0 Å². The Morgan fingerprint density at radius 3 is 2.39 bits per heavy atom. The number of rotatable bonds is 0. The van der Waals surface area contributed by atoms with Crippen molar-refractivity contribution in [2.45, 2.75) is 112 Å². The molecule has 1 heterocycles. The van der Waals surface area contributed by atoms with Gasteiger partial charge in [0.15, 0.2) is 0 Å². The third kappa shape index (κ3) is 2.23. The van der Waals surface area contributed by atoms with Gasteiger partial charge in [0.05, 0.1) is 11.5 Å². The SMILES string of the molecule is C[C@H]1CC[C@]23CC[C@]4(C)[C@@]5(C)CCC6C(C)(C)[C@H](O)CC[C@@]6(C)C5C=C[C@@]4(OC2=O)C3[C@@H]1C. The van der Waals surface area contributed by atoms with Crippen molar-refractivity contribution >= 4 is 5.97 Å². The highest BCUT2D eigenvalue weighted by atomic mass is 16.6. The molecule has 184 valence electrons. The number of aliphatic hydroxyl groups is 1. The van der Waals surface area contributed by atoms with Crippen LogP contribution in [0.2, 0.25) is 0 Å². The van der Waals surface area contributed by atoms with E-state index in [2.05, 4.69) is 60.6 Å². The normalized spacial score (nSPS) is 60.8. The lowest BCUT2D eigenvalue weighted by Crippen LogP contribution is -2.71. The van der Waals surface area contributed by atoms with E-state index in [4.69, 9.17) is 4.74 Å². The van der Waals surface area contributed by atoms with Crippen molar-refractivity contribution in [3.05, 3.63) is 12.2 Å². The van der Waals surface area contributed by atoms with Gasteiger partial charge in [-0.3, -0.25) is 4.79 Å². The minimum Gasteiger partial charge on any atom is -0.453 e. The molecule has 11 atom stereocenters. The van der Waals surface area contributed by atoms with Gasteiger partial charge in [0.25, 0.3) is 0 Å². The number of esters is 1. The smallest absolute Gasteiger partial charge is 0.313 e. The van der Waals surface area contributed by atoms with E-state index < -0.39 is 5.60 Å². The van der Waals surface area contributed by atoms with Crippen LogP contribution in [0.25, 0.3) is 0 Å². The Balaban J connectivity index is 1.52. The second-order valence-electron chi connectivity index (χ2n) is 14.8. The summed E-state index contributed by atoms with van der Waals surface area (Å²) >= 11 is 0. The van der Waals surface area contributed by atoms with Gasteiger partial charge in [-0.15, -0.1) is 0 Å². The lowest BCUT2D eigenvalue weighted by atomic mass is 9.32. The van der Waals surface area contributed by atoms with E-state index in [-0.39, 0.29) is 39.1 Å². The molecule has 5 aliphatic carbocycles. The number of ether oxygens (including phenoxy) is 1. The highest BCUT2D eigenvalue weighted by Gasteiger charge is 2.80. The summed E-state index contributed by atoms with van der Waals surface area (Å²) in [5.74, 6) is 2.56. The van der Waals surface area contributed by atoms with E-state index in [1.807, 2.05) is 0 Å². The van der Waals surface area contributed by atoms with Gasteiger partial charge in [0.1, 0.15) is 5.60 Å². The number of hydrogen-bond donors (Lipinski definition) is 1. The lowest BCUT2D eigenvalue weighted by Gasteiger charge is -2.72. The standard InChI is InChI=1S/C30H46O3/c1-18-8-14-29-17-16-28(7)27(6)13-9-20-25(3,4)22(31)11-12-26(20,5)21(27)10-15-30(28,33-24(29)32)23(29)19(18)2/h10,15,18-23,31H,8-9,11-14,16-17H2,1-7H3/t18-,19+,20?,21?,22+,23?,26+,27-,28+,29+,30+/m0/s1. The summed E-state index contributed by atoms with van der Waals surface area (Å²) in [5.41, 5.74) is -0.514. The van der Waals surface area contributed by atoms with Crippen LogP contribution in [0, 0.1) is 56.7 Å². The highest BCUT2D eigenvalue weighted by Crippen LogP contribution is 2.79. The maximum Gasteiger partial charge on any atom is 0.313 e. The number of aliphatic hydroxyl groups excluding tert-OH is 1. The molecule has 3 nitrogen and oxygen atoms in total. The van der Waals surface area contributed by atoms with Gasteiger partial charge >= 0.3 is 5.97 Å². The van der Waals surface area contributed by atoms with Gasteiger partial charge in [0.2, 0.25) is 0 Å². The second-order valence-corrected chi connectivity index (χ2v) is 14.8. The Bertz CT molecular complexity index is 922. The summed E-state index contributed by atoms with van der Waals surface area (Å²) in [6, 6.07) is 0. The van der Waals surface area contributed by atoms with Crippen LogP contribution in [-0.4, -0.2) is 22.8 Å². The summed E-state index contributed by atoms with van der Waals surface area (Å²) in [6.07, 6.45) is 13.4. The van der Waals surface area contributed by atoms with Gasteiger partial charge < -0.3 is 9.84 Å². The fourth-order valence-electron chi connectivity index (χ4n) is 11.4. The molecular formula is C30H46O3. The Hall–Kier alpha value is -0.830. The van der Waals surface area contributed by atoms with E-state index in [0.717, 1.165) is 44.9 Å². The Kier molecular flexibility index (Phi) is 4.31. The van der Waals surface area contributed by atoms with E-state index in [9.17, 15) is 9.90 Å². The van der Waals surface area contributed by atoms with Crippen molar-refractivity contribution in [3.8, 4) is 0 Å². The molecule has 0 aromatic heterocycles. The third-order valence-corrected chi connectivity index (χ3v) is 13.8. The molecular weight excluding hydrogens is 408 g/mol. The molecule has 33 heavy (non-hydrogen) atoms. The molecule has 6 aliphatic rings. The monoisotopic (exact) mass is 454 g/mol. The number of carbonyl (C=O) groups excluding carboxylic acids is 1. The predicted molar refractivity (Wildman–Crippen MR) is 130 cm³/mol. The Morgan fingerprint density at radius 1 is 0.939 bits per heavy atom. The number of carbonyl (C=O) groups is 1. The lowest BCUT2D eigenvalue weighted by molar-refractivity contribution is -0.245. The van der Waals surface area contributed by atoms with Gasteiger partial charge in [-0.05, 0) is 97.4 Å². The molecule has 4 saturated carbocycles. The van der Waals surface area contributed by atoms with E-state index in [0.29, 0.717) is 29.6 Å². The van der Waals surface area contributed by atoms with Crippen molar-refractivity contribution in [2.24, 2.45) is 56.7 Å².